The zero-order valence-electron chi connectivity index (χ0n) is 13.3. The maximum atomic E-state index is 13.9. The predicted molar refractivity (Wildman–Crippen MR) is 90.0 cm³/mol. The fourth-order valence-electron chi connectivity index (χ4n) is 2.01. The van der Waals surface area contributed by atoms with Gasteiger partial charge in [-0.05, 0) is 29.8 Å². The molecule has 0 amide bonds. The monoisotopic (exact) mass is 377 g/mol. The molecular formula is C17H13F2N3O3S. The van der Waals surface area contributed by atoms with Gasteiger partial charge in [-0.2, -0.15) is 4.98 Å². The molecule has 1 heterocycles. The maximum absolute atomic E-state index is 13.9. The van der Waals surface area contributed by atoms with Crippen molar-refractivity contribution >= 4 is 15.8 Å². The molecule has 0 fully saturated rings. The Balaban J connectivity index is 1.76. The lowest BCUT2D eigenvalue weighted by atomic mass is 10.2. The number of rotatable bonds is 6. The average molecular weight is 377 g/mol. The second-order valence-corrected chi connectivity index (χ2v) is 6.87. The third-order valence-electron chi connectivity index (χ3n) is 3.29. The topological polar surface area (TPSA) is 81.2 Å². The number of hydrogen-bond donors (Lipinski definition) is 1. The zero-order chi connectivity index (χ0) is 18.6. The molecule has 0 bridgehead atoms. The second-order valence-electron chi connectivity index (χ2n) is 5.18. The van der Waals surface area contributed by atoms with Crippen molar-refractivity contribution < 1.29 is 21.9 Å². The van der Waals surface area contributed by atoms with Crippen molar-refractivity contribution in [2.75, 3.05) is 4.72 Å². The molecule has 2 aromatic carbocycles. The summed E-state index contributed by atoms with van der Waals surface area (Å²) in [5.41, 5.74) is 0.644. The highest BCUT2D eigenvalue weighted by Crippen LogP contribution is 2.19. The van der Waals surface area contributed by atoms with E-state index in [1.54, 1.807) is 18.2 Å². The van der Waals surface area contributed by atoms with Gasteiger partial charge < -0.3 is 4.74 Å². The summed E-state index contributed by atoms with van der Waals surface area (Å²) in [6.45, 7) is 0.0107. The smallest absolute Gasteiger partial charge is 0.318 e. The lowest BCUT2D eigenvalue weighted by Crippen LogP contribution is -2.15. The Morgan fingerprint density at radius 1 is 1.00 bits per heavy atom. The molecule has 3 aromatic rings. The third-order valence-corrected chi connectivity index (χ3v) is 4.64. The van der Waals surface area contributed by atoms with Crippen molar-refractivity contribution in [3.05, 3.63) is 78.0 Å². The Kier molecular flexibility index (Phi) is 5.08. The number of aromatic nitrogens is 2. The van der Waals surface area contributed by atoms with Gasteiger partial charge in [-0.3, -0.25) is 4.72 Å². The summed E-state index contributed by atoms with van der Waals surface area (Å²) >= 11 is 0. The van der Waals surface area contributed by atoms with Gasteiger partial charge in [0, 0.05) is 0 Å². The number of ether oxygens (including phenoxy) is 1. The van der Waals surface area contributed by atoms with Crippen LogP contribution in [0, 0.1) is 11.6 Å². The van der Waals surface area contributed by atoms with E-state index in [0.29, 0.717) is 5.56 Å². The highest BCUT2D eigenvalue weighted by Gasteiger charge is 2.18. The first-order chi connectivity index (χ1) is 12.4. The quantitative estimate of drug-likeness (QED) is 0.714. The van der Waals surface area contributed by atoms with E-state index in [9.17, 15) is 17.2 Å². The minimum atomic E-state index is -4.00. The number of nitrogens with one attached hydrogen (secondary N) is 1. The van der Waals surface area contributed by atoms with E-state index in [0.717, 1.165) is 6.20 Å². The van der Waals surface area contributed by atoms with Gasteiger partial charge in [0.1, 0.15) is 12.4 Å². The lowest BCUT2D eigenvalue weighted by molar-refractivity contribution is 0.280. The van der Waals surface area contributed by atoms with Gasteiger partial charge in [0.25, 0.3) is 10.0 Å². The van der Waals surface area contributed by atoms with E-state index in [2.05, 4.69) is 14.7 Å². The predicted octanol–water partition coefficient (Wildman–Crippen LogP) is 3.13. The number of sulfonamides is 1. The molecular weight excluding hydrogens is 364 g/mol. The molecule has 0 aliphatic heterocycles. The highest BCUT2D eigenvalue weighted by atomic mass is 32.2. The molecule has 0 saturated carbocycles. The molecule has 134 valence electrons. The largest absolute Gasteiger partial charge is 0.459 e. The molecule has 0 saturated heterocycles. The summed E-state index contributed by atoms with van der Waals surface area (Å²) in [6.07, 6.45) is 0.801. The first-order valence-corrected chi connectivity index (χ1v) is 8.90. The van der Waals surface area contributed by atoms with Crippen LogP contribution in [0.4, 0.5) is 14.6 Å². The molecule has 0 atom stereocenters. The van der Waals surface area contributed by atoms with E-state index in [-0.39, 0.29) is 23.3 Å². The van der Waals surface area contributed by atoms with Crippen molar-refractivity contribution in [2.24, 2.45) is 0 Å². The Morgan fingerprint density at radius 2 is 1.69 bits per heavy atom. The standard InChI is InChI=1S/C17H13F2N3O3S/c18-13-8-6-12(7-9-13)11-25-17-20-10-15(19)16(21-17)22-26(23,24)14-4-2-1-3-5-14/h1-10H,11H2,(H,20,21,22). The van der Waals surface area contributed by atoms with Gasteiger partial charge in [0.05, 0.1) is 11.1 Å². The Morgan fingerprint density at radius 3 is 2.38 bits per heavy atom. The molecule has 0 spiro atoms. The average Bonchev–Trinajstić information content (AvgIpc) is 2.64. The fraction of sp³-hybridized carbons (Fsp3) is 0.0588. The van der Waals surface area contributed by atoms with Gasteiger partial charge in [0.15, 0.2) is 11.6 Å². The van der Waals surface area contributed by atoms with Crippen LogP contribution < -0.4 is 9.46 Å². The summed E-state index contributed by atoms with van der Waals surface area (Å²) in [5.74, 6) is -1.86. The Bertz CT molecular complexity index is 998. The van der Waals surface area contributed by atoms with Crippen LogP contribution in [-0.2, 0) is 16.6 Å². The molecule has 1 aromatic heterocycles. The van der Waals surface area contributed by atoms with Crippen LogP contribution in [0.2, 0.25) is 0 Å². The molecule has 3 rings (SSSR count). The summed E-state index contributed by atoms with van der Waals surface area (Å²) in [5, 5.41) is 0. The van der Waals surface area contributed by atoms with Crippen LogP contribution in [0.15, 0.2) is 65.7 Å². The molecule has 0 aliphatic carbocycles. The van der Waals surface area contributed by atoms with Crippen LogP contribution in [0.5, 0.6) is 6.01 Å². The van der Waals surface area contributed by atoms with Gasteiger partial charge in [0.2, 0.25) is 0 Å². The van der Waals surface area contributed by atoms with Crippen molar-refractivity contribution in [1.29, 1.82) is 0 Å². The summed E-state index contributed by atoms with van der Waals surface area (Å²) < 4.78 is 58.6. The molecule has 26 heavy (non-hydrogen) atoms. The van der Waals surface area contributed by atoms with E-state index < -0.39 is 21.7 Å². The molecule has 9 heteroatoms. The summed E-state index contributed by atoms with van der Waals surface area (Å²) in [4.78, 5) is 7.36. The normalized spacial score (nSPS) is 11.2. The van der Waals surface area contributed by atoms with E-state index in [4.69, 9.17) is 4.74 Å². The SMILES string of the molecule is O=S(=O)(Nc1nc(OCc2ccc(F)cc2)ncc1F)c1ccccc1. The van der Waals surface area contributed by atoms with Crippen molar-refractivity contribution in [1.82, 2.24) is 9.97 Å². The van der Waals surface area contributed by atoms with Gasteiger partial charge in [-0.1, -0.05) is 30.3 Å². The number of benzene rings is 2. The number of halogens is 2. The van der Waals surface area contributed by atoms with Crippen molar-refractivity contribution in [3.63, 3.8) is 0 Å². The number of nitrogens with zero attached hydrogens (tertiary/aromatic N) is 2. The van der Waals surface area contributed by atoms with Gasteiger partial charge >= 0.3 is 6.01 Å². The molecule has 0 radical (unpaired) electrons. The molecule has 0 aliphatic rings. The van der Waals surface area contributed by atoms with Crippen molar-refractivity contribution in [3.8, 4) is 6.01 Å². The zero-order valence-corrected chi connectivity index (χ0v) is 14.1. The third kappa shape index (κ3) is 4.31. The van der Waals surface area contributed by atoms with Gasteiger partial charge in [-0.25, -0.2) is 22.2 Å². The van der Waals surface area contributed by atoms with Crippen LogP contribution in [0.3, 0.4) is 0 Å². The summed E-state index contributed by atoms with van der Waals surface area (Å²) in [6, 6.07) is 12.8. The van der Waals surface area contributed by atoms with Crippen LogP contribution in [0.1, 0.15) is 5.56 Å². The first-order valence-electron chi connectivity index (χ1n) is 7.42. The Labute approximate surface area is 148 Å². The van der Waals surface area contributed by atoms with E-state index in [1.165, 1.54) is 36.4 Å². The molecule has 0 unspecified atom stereocenters. The number of anilines is 1. The lowest BCUT2D eigenvalue weighted by Gasteiger charge is -2.10. The van der Waals surface area contributed by atoms with Crippen molar-refractivity contribution in [2.45, 2.75) is 11.5 Å². The fourth-order valence-corrected chi connectivity index (χ4v) is 3.04. The Hall–Kier alpha value is -3.07. The summed E-state index contributed by atoms with van der Waals surface area (Å²) in [7, 11) is -4.00. The first kappa shape index (κ1) is 17.7. The minimum Gasteiger partial charge on any atom is -0.459 e. The van der Waals surface area contributed by atoms with Crippen LogP contribution in [0.25, 0.3) is 0 Å². The van der Waals surface area contributed by atoms with Crippen LogP contribution in [-0.4, -0.2) is 18.4 Å². The maximum Gasteiger partial charge on any atom is 0.318 e. The second kappa shape index (κ2) is 7.44. The minimum absolute atomic E-state index is 0.0107. The van der Waals surface area contributed by atoms with Crippen LogP contribution >= 0.6 is 0 Å². The van der Waals surface area contributed by atoms with Gasteiger partial charge in [-0.15, -0.1) is 0 Å². The number of hydrogen-bond acceptors (Lipinski definition) is 5. The highest BCUT2D eigenvalue weighted by molar-refractivity contribution is 7.92. The van der Waals surface area contributed by atoms with E-state index in [1.807, 2.05) is 0 Å². The molecule has 6 nitrogen and oxygen atoms in total. The molecule has 1 N–H and O–H groups in total. The van der Waals surface area contributed by atoms with E-state index >= 15 is 0 Å².